The SMILES string of the molecule is CC=C1Oc2ncc(C(=O)NCCCN3CCCCC3CC)cc2N(CC2CCCCC2)C1=S. The lowest BCUT2D eigenvalue weighted by molar-refractivity contribution is 0.0947. The number of likely N-dealkylation sites (tertiary alicyclic amines) is 1. The second-order valence-electron chi connectivity index (χ2n) is 9.93. The first-order valence-electron chi connectivity index (χ1n) is 13.3. The molecule has 0 radical (unpaired) electrons. The maximum absolute atomic E-state index is 12.9. The standard InChI is InChI=1S/C27H40N4O2S/c1-3-22-13-8-9-15-30(22)16-10-14-28-25(32)21-17-23-26(29-18-21)33-24(4-2)27(34)31(23)19-20-11-6-5-7-12-20/h4,17-18,20,22H,3,5-16,19H2,1-2H3,(H,28,32). The number of thiocarbonyl (C=S) groups is 1. The maximum Gasteiger partial charge on any atom is 0.252 e. The second kappa shape index (κ2) is 12.1. The van der Waals surface area contributed by atoms with Gasteiger partial charge in [0.15, 0.2) is 5.76 Å². The molecular weight excluding hydrogens is 444 g/mol. The maximum atomic E-state index is 12.9. The van der Waals surface area contributed by atoms with Gasteiger partial charge in [-0.15, -0.1) is 0 Å². The number of amides is 1. The molecule has 2 fully saturated rings. The predicted molar refractivity (Wildman–Crippen MR) is 142 cm³/mol. The first kappa shape index (κ1) is 25.1. The van der Waals surface area contributed by atoms with Gasteiger partial charge < -0.3 is 19.9 Å². The van der Waals surface area contributed by atoms with Crippen LogP contribution in [0.5, 0.6) is 5.88 Å². The van der Waals surface area contributed by atoms with Crippen LogP contribution in [0.25, 0.3) is 0 Å². The van der Waals surface area contributed by atoms with E-state index in [0.29, 0.717) is 40.7 Å². The number of allylic oxidation sites excluding steroid dienone is 1. The Bertz CT molecular complexity index is 897. The molecule has 1 aromatic rings. The minimum Gasteiger partial charge on any atom is -0.434 e. The summed E-state index contributed by atoms with van der Waals surface area (Å²) in [6.45, 7) is 7.97. The van der Waals surface area contributed by atoms with Crippen molar-refractivity contribution < 1.29 is 9.53 Å². The molecule has 1 aromatic heterocycles. The molecule has 6 nitrogen and oxygen atoms in total. The quantitative estimate of drug-likeness (QED) is 0.300. The topological polar surface area (TPSA) is 57.7 Å². The van der Waals surface area contributed by atoms with E-state index in [1.165, 1.54) is 64.3 Å². The lowest BCUT2D eigenvalue weighted by Gasteiger charge is -2.35. The van der Waals surface area contributed by atoms with Crippen LogP contribution in [0.3, 0.4) is 0 Å². The minimum atomic E-state index is -0.0821. The fourth-order valence-electron chi connectivity index (χ4n) is 5.62. The van der Waals surface area contributed by atoms with E-state index in [-0.39, 0.29) is 5.91 Å². The molecule has 1 atom stereocenters. The molecule has 0 aromatic carbocycles. The van der Waals surface area contributed by atoms with Crippen molar-refractivity contribution in [2.75, 3.05) is 31.1 Å². The van der Waals surface area contributed by atoms with Crippen LogP contribution in [-0.2, 0) is 0 Å². The Labute approximate surface area is 210 Å². The third-order valence-electron chi connectivity index (χ3n) is 7.60. The molecule has 1 amide bonds. The fraction of sp³-hybridized carbons (Fsp3) is 0.667. The van der Waals surface area contributed by atoms with Gasteiger partial charge in [-0.05, 0) is 70.1 Å². The van der Waals surface area contributed by atoms with Gasteiger partial charge in [0.1, 0.15) is 10.7 Å². The van der Waals surface area contributed by atoms with Gasteiger partial charge in [0, 0.05) is 31.9 Å². The highest BCUT2D eigenvalue weighted by atomic mass is 32.1. The molecular formula is C27H40N4O2S. The zero-order valence-corrected chi connectivity index (χ0v) is 21.7. The minimum absolute atomic E-state index is 0.0821. The number of nitrogens with zero attached hydrogens (tertiary/aromatic N) is 3. The Hall–Kier alpha value is -1.99. The molecule has 186 valence electrons. The van der Waals surface area contributed by atoms with E-state index in [1.54, 1.807) is 6.20 Å². The Morgan fingerprint density at radius 3 is 2.79 bits per heavy atom. The zero-order chi connectivity index (χ0) is 23.9. The van der Waals surface area contributed by atoms with Gasteiger partial charge in [-0.2, -0.15) is 0 Å². The molecule has 1 aliphatic carbocycles. The van der Waals surface area contributed by atoms with Crippen molar-refractivity contribution in [3.8, 4) is 5.88 Å². The first-order valence-corrected chi connectivity index (χ1v) is 13.7. The van der Waals surface area contributed by atoms with E-state index in [0.717, 1.165) is 25.2 Å². The summed E-state index contributed by atoms with van der Waals surface area (Å²) in [5, 5.41) is 3.10. The number of hydrogen-bond acceptors (Lipinski definition) is 5. The number of hydrogen-bond donors (Lipinski definition) is 1. The summed E-state index contributed by atoms with van der Waals surface area (Å²) in [4.78, 5) is 22.9. The molecule has 4 rings (SSSR count). The lowest BCUT2D eigenvalue weighted by atomic mass is 9.88. The normalized spacial score (nSPS) is 23.0. The van der Waals surface area contributed by atoms with E-state index in [2.05, 4.69) is 27.0 Å². The Morgan fingerprint density at radius 2 is 2.03 bits per heavy atom. The summed E-state index contributed by atoms with van der Waals surface area (Å²) in [5.41, 5.74) is 1.38. The van der Waals surface area contributed by atoms with Crippen LogP contribution in [0.1, 0.15) is 88.4 Å². The highest BCUT2D eigenvalue weighted by molar-refractivity contribution is 7.81. The van der Waals surface area contributed by atoms with E-state index in [4.69, 9.17) is 17.0 Å². The monoisotopic (exact) mass is 484 g/mol. The number of piperidine rings is 1. The van der Waals surface area contributed by atoms with Gasteiger partial charge >= 0.3 is 0 Å². The predicted octanol–water partition coefficient (Wildman–Crippen LogP) is 5.48. The van der Waals surface area contributed by atoms with Gasteiger partial charge in [-0.3, -0.25) is 4.79 Å². The molecule has 0 bridgehead atoms. The highest BCUT2D eigenvalue weighted by Gasteiger charge is 2.31. The van der Waals surface area contributed by atoms with Gasteiger partial charge in [0.05, 0.1) is 5.56 Å². The van der Waals surface area contributed by atoms with Crippen molar-refractivity contribution in [3.63, 3.8) is 0 Å². The number of carbonyl (C=O) groups excluding carboxylic acids is 1. The van der Waals surface area contributed by atoms with Crippen LogP contribution >= 0.6 is 12.2 Å². The molecule has 7 heteroatoms. The molecule has 1 saturated carbocycles. The molecule has 1 N–H and O–H groups in total. The summed E-state index contributed by atoms with van der Waals surface area (Å²) in [5.74, 6) is 1.73. The van der Waals surface area contributed by atoms with Crippen LogP contribution in [0.2, 0.25) is 0 Å². The van der Waals surface area contributed by atoms with Crippen molar-refractivity contribution in [1.82, 2.24) is 15.2 Å². The Morgan fingerprint density at radius 1 is 1.24 bits per heavy atom. The van der Waals surface area contributed by atoms with E-state index >= 15 is 0 Å². The summed E-state index contributed by atoms with van der Waals surface area (Å²) in [7, 11) is 0. The van der Waals surface area contributed by atoms with E-state index in [9.17, 15) is 4.79 Å². The number of carbonyl (C=O) groups is 1. The van der Waals surface area contributed by atoms with Crippen LogP contribution < -0.4 is 15.0 Å². The average molecular weight is 485 g/mol. The number of ether oxygens (including phenoxy) is 1. The number of nitrogens with one attached hydrogen (secondary N) is 1. The van der Waals surface area contributed by atoms with Gasteiger partial charge in [0.25, 0.3) is 5.91 Å². The third-order valence-corrected chi connectivity index (χ3v) is 8.03. The number of anilines is 1. The number of rotatable bonds is 8. The van der Waals surface area contributed by atoms with Gasteiger partial charge in [-0.1, -0.05) is 44.8 Å². The summed E-state index contributed by atoms with van der Waals surface area (Å²) < 4.78 is 5.96. The van der Waals surface area contributed by atoms with Crippen molar-refractivity contribution in [3.05, 3.63) is 29.7 Å². The van der Waals surface area contributed by atoms with E-state index < -0.39 is 0 Å². The molecule has 3 heterocycles. The Balaban J connectivity index is 1.39. The molecule has 1 saturated heterocycles. The second-order valence-corrected chi connectivity index (χ2v) is 10.3. The molecule has 0 spiro atoms. The Kier molecular flexibility index (Phi) is 8.95. The smallest absolute Gasteiger partial charge is 0.252 e. The van der Waals surface area contributed by atoms with E-state index in [1.807, 2.05) is 19.1 Å². The molecule has 2 aliphatic heterocycles. The summed E-state index contributed by atoms with van der Waals surface area (Å²) in [6.07, 6.45) is 16.0. The molecule has 34 heavy (non-hydrogen) atoms. The molecule has 3 aliphatic rings. The number of pyridine rings is 1. The fourth-order valence-corrected chi connectivity index (χ4v) is 5.95. The lowest BCUT2D eigenvalue weighted by Crippen LogP contribution is -2.41. The van der Waals surface area contributed by atoms with Crippen molar-refractivity contribution >= 4 is 28.8 Å². The van der Waals surface area contributed by atoms with Crippen molar-refractivity contribution in [2.24, 2.45) is 5.92 Å². The number of fused-ring (bicyclic) bond motifs is 1. The number of aromatic nitrogens is 1. The highest BCUT2D eigenvalue weighted by Crippen LogP contribution is 2.37. The van der Waals surface area contributed by atoms with Crippen molar-refractivity contribution in [2.45, 2.75) is 84.1 Å². The summed E-state index contributed by atoms with van der Waals surface area (Å²) in [6, 6.07) is 2.60. The first-order chi connectivity index (χ1) is 16.6. The largest absolute Gasteiger partial charge is 0.434 e. The zero-order valence-electron chi connectivity index (χ0n) is 20.9. The average Bonchev–Trinajstić information content (AvgIpc) is 2.88. The van der Waals surface area contributed by atoms with Gasteiger partial charge in [0.2, 0.25) is 5.88 Å². The van der Waals surface area contributed by atoms with Crippen LogP contribution in [0, 0.1) is 5.92 Å². The van der Waals surface area contributed by atoms with Crippen LogP contribution in [-0.4, -0.2) is 53.0 Å². The van der Waals surface area contributed by atoms with Gasteiger partial charge in [-0.25, -0.2) is 4.98 Å². The summed E-state index contributed by atoms with van der Waals surface area (Å²) >= 11 is 5.77. The molecule has 1 unspecified atom stereocenters. The third kappa shape index (κ3) is 5.98. The van der Waals surface area contributed by atoms with Crippen LogP contribution in [0.15, 0.2) is 24.1 Å². The van der Waals surface area contributed by atoms with Crippen LogP contribution in [0.4, 0.5) is 5.69 Å². The van der Waals surface area contributed by atoms with Crippen molar-refractivity contribution in [1.29, 1.82) is 0 Å².